The summed E-state index contributed by atoms with van der Waals surface area (Å²) >= 11 is 6.27. The lowest BCUT2D eigenvalue weighted by Crippen LogP contribution is -2.54. The Morgan fingerprint density at radius 2 is 1.69 bits per heavy atom. The summed E-state index contributed by atoms with van der Waals surface area (Å²) in [5.74, 6) is 3.41. The Balaban J connectivity index is 0.632. The molecule has 0 spiro atoms. The largest absolute Gasteiger partial charge is 0.455 e. The second-order valence-electron chi connectivity index (χ2n) is 24.6. The van der Waals surface area contributed by atoms with Crippen LogP contribution < -0.4 is 25.0 Å². The number of halogens is 1. The standard InChI is InChI=1S/C66H68ClN13O10S/c1-66(2)24-20-46(54(36-66)43-10-12-47(67)13-11-43)39-76-29-31-77(32-30-76)49-14-16-52(58(34-49)90-50-33-45-21-25-68-61(45)70-38-50)62(82)73-91(88,89)51-15-17-55(57(35-51)80(86)87)69-37-42-22-27-75(28-23-42)40-48-41-78(74-72-48)26-5-3-4-7-44-8-6-9-53-60(44)65(85)79(64(53)84)56-18-19-59(81)71-63(56)83/h6,8-17,21,25,33-35,38,41-42,56,69H,3,5,18-20,22-24,26-32,36-37,39-40H2,1-2H3,(H,68,70)(H,73,82)(H,71,81,83). The third kappa shape index (κ3) is 14.0. The number of benzene rings is 4. The van der Waals surface area contributed by atoms with Crippen LogP contribution in [-0.2, 0) is 32.7 Å². The van der Waals surface area contributed by atoms with E-state index in [1.165, 1.54) is 47.2 Å². The first kappa shape index (κ1) is 61.9. The van der Waals surface area contributed by atoms with E-state index in [1.54, 1.807) is 41.2 Å². The number of carbonyl (C=O) groups excluding carboxylic acids is 5. The predicted octanol–water partition coefficient (Wildman–Crippen LogP) is 8.97. The SMILES string of the molecule is CC1(C)CCC(CN2CCN(c3ccc(C(=O)NS(=O)(=O)c4ccc(NCC5CCN(Cc6cn(CCCC#Cc7cccc8c7C(=O)N(C7CCC(=O)NC7=O)C8=O)nn6)CC5)c([N+](=O)[O-])c4)c(Oc4cnc5[nH]ccc5c4)c3)CC2)=C(c2ccc(Cl)cc2)C1. The summed E-state index contributed by atoms with van der Waals surface area (Å²) in [4.78, 5) is 91.8. The number of fused-ring (bicyclic) bond motifs is 2. The van der Waals surface area contributed by atoms with E-state index in [2.05, 4.69) is 88.2 Å². The van der Waals surface area contributed by atoms with E-state index in [0.29, 0.717) is 67.5 Å². The molecule has 5 amide bonds. The number of amides is 5. The number of aromatic nitrogens is 5. The molecule has 0 radical (unpaired) electrons. The molecule has 1 aliphatic carbocycles. The van der Waals surface area contributed by atoms with Gasteiger partial charge in [-0.05, 0) is 141 Å². The van der Waals surface area contributed by atoms with Crippen molar-refractivity contribution in [1.29, 1.82) is 0 Å². The van der Waals surface area contributed by atoms with E-state index in [-0.39, 0.29) is 52.3 Å². The van der Waals surface area contributed by atoms with E-state index in [0.717, 1.165) is 92.6 Å². The average Bonchev–Trinajstić information content (AvgIpc) is 1.65. The van der Waals surface area contributed by atoms with E-state index in [4.69, 9.17) is 16.3 Å². The lowest BCUT2D eigenvalue weighted by atomic mass is 9.72. The number of ether oxygens (including phenoxy) is 1. The molecule has 23 nitrogen and oxygen atoms in total. The molecule has 91 heavy (non-hydrogen) atoms. The molecule has 3 aromatic heterocycles. The van der Waals surface area contributed by atoms with Crippen LogP contribution in [0.5, 0.6) is 11.5 Å². The number of nitro benzene ring substituents is 1. The van der Waals surface area contributed by atoms with Gasteiger partial charge in [-0.1, -0.05) is 66.3 Å². The first-order valence-electron chi connectivity index (χ1n) is 30.5. The highest BCUT2D eigenvalue weighted by molar-refractivity contribution is 7.90. The molecular weight excluding hydrogens is 1200 g/mol. The molecular formula is C66H68ClN13O10S. The van der Waals surface area contributed by atoms with E-state index >= 15 is 0 Å². The Morgan fingerprint density at radius 1 is 0.901 bits per heavy atom. The van der Waals surface area contributed by atoms with Gasteiger partial charge in [0.1, 0.15) is 28.9 Å². The third-order valence-electron chi connectivity index (χ3n) is 17.7. The number of sulfonamides is 1. The normalized spacial score (nSPS) is 18.3. The number of aryl methyl sites for hydroxylation is 1. The fourth-order valence-corrected chi connectivity index (χ4v) is 13.8. The number of hydrogen-bond acceptors (Lipinski definition) is 17. The van der Waals surface area contributed by atoms with Crippen LogP contribution in [0.3, 0.4) is 0 Å². The number of anilines is 2. The van der Waals surface area contributed by atoms with Gasteiger partial charge >= 0.3 is 0 Å². The first-order valence-corrected chi connectivity index (χ1v) is 32.4. The fraction of sp³-hybridized carbons (Fsp3) is 0.364. The lowest BCUT2D eigenvalue weighted by Gasteiger charge is -2.39. The van der Waals surface area contributed by atoms with Gasteiger partial charge in [-0.2, -0.15) is 0 Å². The number of aromatic amines is 1. The number of imide groups is 2. The molecule has 7 aromatic rings. The van der Waals surface area contributed by atoms with E-state index in [1.807, 2.05) is 24.4 Å². The second-order valence-corrected chi connectivity index (χ2v) is 26.7. The Hall–Kier alpha value is -9.28. The average molecular weight is 1270 g/mol. The topological polar surface area (TPSA) is 280 Å². The molecule has 4 aliphatic heterocycles. The molecule has 4 N–H and O–H groups in total. The summed E-state index contributed by atoms with van der Waals surface area (Å²) in [5.41, 5.74) is 6.81. The van der Waals surface area contributed by atoms with Gasteiger partial charge in [0.15, 0.2) is 0 Å². The number of H-pyrrole nitrogens is 1. The lowest BCUT2D eigenvalue weighted by molar-refractivity contribution is -0.384. The molecule has 7 heterocycles. The molecule has 4 aromatic carbocycles. The summed E-state index contributed by atoms with van der Waals surface area (Å²) in [6.07, 6.45) is 11.1. The predicted molar refractivity (Wildman–Crippen MR) is 341 cm³/mol. The van der Waals surface area contributed by atoms with Crippen molar-refractivity contribution < 1.29 is 42.1 Å². The summed E-state index contributed by atoms with van der Waals surface area (Å²) in [5, 5.41) is 28.1. The molecule has 1 unspecified atom stereocenters. The van der Waals surface area contributed by atoms with Gasteiger partial charge in [0.2, 0.25) is 11.8 Å². The van der Waals surface area contributed by atoms with Crippen molar-refractivity contribution in [3.63, 3.8) is 0 Å². The number of nitrogens with one attached hydrogen (secondary N) is 4. The van der Waals surface area contributed by atoms with Crippen LogP contribution in [0.1, 0.15) is 120 Å². The molecule has 470 valence electrons. The van der Waals surface area contributed by atoms with Gasteiger partial charge in [0.05, 0.1) is 38.4 Å². The number of likely N-dealkylation sites (tertiary alicyclic amines) is 1. The van der Waals surface area contributed by atoms with Gasteiger partial charge in [-0.15, -0.1) is 5.10 Å². The van der Waals surface area contributed by atoms with Gasteiger partial charge < -0.3 is 19.9 Å². The molecule has 3 saturated heterocycles. The van der Waals surface area contributed by atoms with Crippen molar-refractivity contribution in [2.24, 2.45) is 11.3 Å². The summed E-state index contributed by atoms with van der Waals surface area (Å²) in [6, 6.07) is 24.1. The molecule has 0 saturated carbocycles. The number of carbonyl (C=O) groups is 5. The number of pyridine rings is 1. The van der Waals surface area contributed by atoms with Gasteiger partial charge in [-0.25, -0.2) is 18.1 Å². The highest BCUT2D eigenvalue weighted by atomic mass is 35.5. The number of nitro groups is 1. The van der Waals surface area contributed by atoms with Crippen LogP contribution in [0, 0.1) is 33.3 Å². The van der Waals surface area contributed by atoms with Crippen molar-refractivity contribution >= 4 is 84.8 Å². The van der Waals surface area contributed by atoms with Crippen LogP contribution in [0.2, 0.25) is 5.02 Å². The minimum atomic E-state index is -4.65. The summed E-state index contributed by atoms with van der Waals surface area (Å²) < 4.78 is 38.3. The highest BCUT2D eigenvalue weighted by Gasteiger charge is 2.45. The Morgan fingerprint density at radius 3 is 2.47 bits per heavy atom. The maximum atomic E-state index is 14.2. The molecule has 3 fully saturated rings. The number of nitrogens with zero attached hydrogens (tertiary/aromatic N) is 9. The minimum Gasteiger partial charge on any atom is -0.455 e. The molecule has 5 aliphatic rings. The number of hydrogen-bond donors (Lipinski definition) is 4. The minimum absolute atomic E-state index is 0.0305. The van der Waals surface area contributed by atoms with Crippen LogP contribution in [-0.4, -0.2) is 141 Å². The maximum Gasteiger partial charge on any atom is 0.293 e. The van der Waals surface area contributed by atoms with Crippen LogP contribution in [0.4, 0.5) is 17.1 Å². The Bertz CT molecular complexity index is 4230. The van der Waals surface area contributed by atoms with E-state index < -0.39 is 61.1 Å². The number of rotatable bonds is 19. The van der Waals surface area contributed by atoms with Crippen LogP contribution >= 0.6 is 11.6 Å². The zero-order valence-electron chi connectivity index (χ0n) is 50.4. The number of allylic oxidation sites excluding steroid dienone is 1. The molecule has 0 bridgehead atoms. The smallest absolute Gasteiger partial charge is 0.293 e. The van der Waals surface area contributed by atoms with Gasteiger partial charge in [0.25, 0.3) is 33.4 Å². The van der Waals surface area contributed by atoms with Crippen molar-refractivity contribution in [2.75, 3.05) is 62.6 Å². The summed E-state index contributed by atoms with van der Waals surface area (Å²) in [6.45, 7) is 11.5. The number of unbranched alkanes of at least 4 members (excludes halogenated alkanes) is 1. The maximum absolute atomic E-state index is 14.2. The van der Waals surface area contributed by atoms with Crippen LogP contribution in [0.25, 0.3) is 16.6 Å². The second kappa shape index (κ2) is 26.3. The number of piperidine rings is 2. The zero-order chi connectivity index (χ0) is 63.6. The Labute approximate surface area is 530 Å². The quantitative estimate of drug-likeness (QED) is 0.0193. The number of piperazine rings is 1. The monoisotopic (exact) mass is 1270 g/mol. The Kier molecular flexibility index (Phi) is 17.9. The van der Waals surface area contributed by atoms with E-state index in [9.17, 15) is 42.5 Å². The van der Waals surface area contributed by atoms with Crippen molar-refractivity contribution in [1.82, 2.24) is 49.7 Å². The zero-order valence-corrected chi connectivity index (χ0v) is 51.9. The summed E-state index contributed by atoms with van der Waals surface area (Å²) in [7, 11) is -4.65. The van der Waals surface area contributed by atoms with Crippen LogP contribution in [0.15, 0.2) is 120 Å². The van der Waals surface area contributed by atoms with Crippen molar-refractivity contribution in [3.05, 3.63) is 164 Å². The first-order chi connectivity index (χ1) is 43.8. The molecule has 25 heteroatoms. The molecule has 12 rings (SSSR count). The fourth-order valence-electron chi connectivity index (χ4n) is 12.7. The highest BCUT2D eigenvalue weighted by Crippen LogP contribution is 2.44. The molecule has 1 atom stereocenters. The third-order valence-corrected chi connectivity index (χ3v) is 19.3. The van der Waals surface area contributed by atoms with Crippen molar-refractivity contribution in [2.45, 2.75) is 95.7 Å². The van der Waals surface area contributed by atoms with Gasteiger partial charge in [0, 0.05) is 111 Å². The van der Waals surface area contributed by atoms with Crippen molar-refractivity contribution in [3.8, 4) is 23.3 Å². The van der Waals surface area contributed by atoms with Gasteiger partial charge in [-0.3, -0.25) is 58.8 Å².